The van der Waals surface area contributed by atoms with Crippen LogP contribution >= 0.6 is 11.6 Å². The number of rotatable bonds is 8. The Bertz CT molecular complexity index is 199. The van der Waals surface area contributed by atoms with Crippen LogP contribution in [0.2, 0.25) is 0 Å². The first-order valence-electron chi connectivity index (χ1n) is 6.03. The van der Waals surface area contributed by atoms with Crippen LogP contribution in [0.4, 0.5) is 0 Å². The molecule has 0 spiro atoms. The van der Waals surface area contributed by atoms with Crippen LogP contribution in [-0.2, 0) is 9.47 Å². The predicted octanol–water partition coefficient (Wildman–Crippen LogP) is 2.03. The topological polar surface area (TPSA) is 30.5 Å². The van der Waals surface area contributed by atoms with Gasteiger partial charge >= 0.3 is 0 Å². The Morgan fingerprint density at radius 1 is 1.31 bits per heavy atom. The first-order chi connectivity index (χ1) is 7.59. The van der Waals surface area contributed by atoms with E-state index in [0.717, 1.165) is 39.2 Å². The van der Waals surface area contributed by atoms with Crippen molar-refractivity contribution in [2.24, 2.45) is 5.41 Å². The summed E-state index contributed by atoms with van der Waals surface area (Å²) in [5.74, 6) is 0. The summed E-state index contributed by atoms with van der Waals surface area (Å²) in [6, 6.07) is 0.539. The zero-order valence-electron chi connectivity index (χ0n) is 10.6. The van der Waals surface area contributed by atoms with Crippen molar-refractivity contribution in [3.63, 3.8) is 0 Å². The summed E-state index contributed by atoms with van der Waals surface area (Å²) in [4.78, 5) is 0. The molecule has 0 radical (unpaired) electrons. The molecule has 4 heteroatoms. The molecule has 2 atom stereocenters. The first kappa shape index (κ1) is 14.2. The van der Waals surface area contributed by atoms with Gasteiger partial charge in [-0.1, -0.05) is 13.8 Å². The molecule has 0 aromatic carbocycles. The second-order valence-electron chi connectivity index (χ2n) is 4.99. The van der Waals surface area contributed by atoms with E-state index in [1.165, 1.54) is 0 Å². The maximum absolute atomic E-state index is 6.15. The van der Waals surface area contributed by atoms with Gasteiger partial charge in [-0.2, -0.15) is 0 Å². The van der Waals surface area contributed by atoms with Crippen molar-refractivity contribution < 1.29 is 9.47 Å². The molecular weight excluding hydrogens is 226 g/mol. The average molecular weight is 250 g/mol. The molecule has 0 aromatic rings. The number of methoxy groups -OCH3 is 1. The number of halogens is 1. The van der Waals surface area contributed by atoms with Crippen molar-refractivity contribution in [2.45, 2.75) is 38.1 Å². The van der Waals surface area contributed by atoms with Gasteiger partial charge < -0.3 is 14.8 Å². The van der Waals surface area contributed by atoms with Gasteiger partial charge in [0.25, 0.3) is 0 Å². The molecular formula is C12H24ClNO2. The van der Waals surface area contributed by atoms with Crippen LogP contribution in [0.5, 0.6) is 0 Å². The van der Waals surface area contributed by atoms with Gasteiger partial charge in [-0.15, -0.1) is 11.6 Å². The van der Waals surface area contributed by atoms with Crippen LogP contribution in [0.25, 0.3) is 0 Å². The summed E-state index contributed by atoms with van der Waals surface area (Å²) in [6.45, 7) is 7.66. The highest BCUT2D eigenvalue weighted by atomic mass is 35.5. The lowest BCUT2D eigenvalue weighted by Crippen LogP contribution is -2.58. The Labute approximate surface area is 104 Å². The Morgan fingerprint density at radius 2 is 2.06 bits per heavy atom. The lowest BCUT2D eigenvalue weighted by molar-refractivity contribution is 0.0812. The van der Waals surface area contributed by atoms with Crippen molar-refractivity contribution in [1.82, 2.24) is 5.32 Å². The molecule has 16 heavy (non-hydrogen) atoms. The SMILES string of the molecule is COCCCOCCNC1CC(Cl)C1(C)C. The van der Waals surface area contributed by atoms with E-state index in [-0.39, 0.29) is 5.41 Å². The van der Waals surface area contributed by atoms with E-state index >= 15 is 0 Å². The summed E-state index contributed by atoms with van der Waals surface area (Å²) in [5.41, 5.74) is 0.220. The van der Waals surface area contributed by atoms with Gasteiger partial charge in [0, 0.05) is 38.3 Å². The fraction of sp³-hybridized carbons (Fsp3) is 1.00. The molecule has 0 amide bonds. The van der Waals surface area contributed by atoms with E-state index in [1.807, 2.05) is 0 Å². The maximum atomic E-state index is 6.15. The van der Waals surface area contributed by atoms with Gasteiger partial charge in [0.05, 0.1) is 6.61 Å². The molecule has 1 saturated carbocycles. The zero-order chi connectivity index (χ0) is 12.0. The first-order valence-corrected chi connectivity index (χ1v) is 6.47. The summed E-state index contributed by atoms with van der Waals surface area (Å²) >= 11 is 6.15. The molecule has 0 saturated heterocycles. The van der Waals surface area contributed by atoms with Crippen molar-refractivity contribution in [3.8, 4) is 0 Å². The van der Waals surface area contributed by atoms with Crippen LogP contribution in [0.3, 0.4) is 0 Å². The number of hydrogen-bond acceptors (Lipinski definition) is 3. The second-order valence-corrected chi connectivity index (χ2v) is 5.52. The van der Waals surface area contributed by atoms with Crippen molar-refractivity contribution in [2.75, 3.05) is 33.5 Å². The van der Waals surface area contributed by atoms with Crippen LogP contribution in [-0.4, -0.2) is 44.9 Å². The molecule has 0 aromatic heterocycles. The molecule has 1 aliphatic carbocycles. The van der Waals surface area contributed by atoms with Crippen molar-refractivity contribution in [3.05, 3.63) is 0 Å². The Hall–Kier alpha value is 0.170. The van der Waals surface area contributed by atoms with Crippen molar-refractivity contribution in [1.29, 1.82) is 0 Å². The number of nitrogens with one attached hydrogen (secondary N) is 1. The predicted molar refractivity (Wildman–Crippen MR) is 67.1 cm³/mol. The molecule has 2 unspecified atom stereocenters. The lowest BCUT2D eigenvalue weighted by Gasteiger charge is -2.49. The summed E-state index contributed by atoms with van der Waals surface area (Å²) < 4.78 is 10.4. The van der Waals surface area contributed by atoms with Gasteiger partial charge in [0.1, 0.15) is 0 Å². The zero-order valence-corrected chi connectivity index (χ0v) is 11.3. The molecule has 1 aliphatic rings. The van der Waals surface area contributed by atoms with Crippen LogP contribution in [0.1, 0.15) is 26.7 Å². The van der Waals surface area contributed by atoms with E-state index < -0.39 is 0 Å². The third-order valence-corrected chi connectivity index (χ3v) is 4.16. The molecule has 0 bridgehead atoms. The van der Waals surface area contributed by atoms with E-state index in [0.29, 0.717) is 11.4 Å². The third kappa shape index (κ3) is 3.88. The molecule has 3 nitrogen and oxygen atoms in total. The highest BCUT2D eigenvalue weighted by Gasteiger charge is 2.46. The average Bonchev–Trinajstić information content (AvgIpc) is 2.26. The smallest absolute Gasteiger partial charge is 0.0591 e. The highest BCUT2D eigenvalue weighted by molar-refractivity contribution is 6.21. The standard InChI is InChI=1S/C12H24ClNO2/c1-12(2)10(13)9-11(12)14-5-8-16-7-4-6-15-3/h10-11,14H,4-9H2,1-3H3. The molecule has 1 N–H and O–H groups in total. The van der Waals surface area contributed by atoms with Gasteiger partial charge in [0.15, 0.2) is 0 Å². The van der Waals surface area contributed by atoms with Crippen LogP contribution in [0.15, 0.2) is 0 Å². The minimum absolute atomic E-state index is 0.220. The molecule has 0 heterocycles. The summed E-state index contributed by atoms with van der Waals surface area (Å²) in [6.07, 6.45) is 2.04. The summed E-state index contributed by atoms with van der Waals surface area (Å²) in [5, 5.41) is 3.80. The number of ether oxygens (including phenoxy) is 2. The molecule has 0 aliphatic heterocycles. The van der Waals surface area contributed by atoms with E-state index in [1.54, 1.807) is 7.11 Å². The Morgan fingerprint density at radius 3 is 2.62 bits per heavy atom. The van der Waals surface area contributed by atoms with Gasteiger partial charge in [-0.3, -0.25) is 0 Å². The lowest BCUT2D eigenvalue weighted by atomic mass is 9.67. The van der Waals surface area contributed by atoms with Crippen LogP contribution in [0, 0.1) is 5.41 Å². The number of alkyl halides is 1. The van der Waals surface area contributed by atoms with Crippen LogP contribution < -0.4 is 5.32 Å². The fourth-order valence-electron chi connectivity index (χ4n) is 1.93. The third-order valence-electron chi connectivity index (χ3n) is 3.42. The Kier molecular flexibility index (Phi) is 6.05. The van der Waals surface area contributed by atoms with E-state index in [2.05, 4.69) is 19.2 Å². The van der Waals surface area contributed by atoms with Gasteiger partial charge in [0.2, 0.25) is 0 Å². The van der Waals surface area contributed by atoms with E-state index in [4.69, 9.17) is 21.1 Å². The largest absolute Gasteiger partial charge is 0.385 e. The van der Waals surface area contributed by atoms with E-state index in [9.17, 15) is 0 Å². The van der Waals surface area contributed by atoms with Gasteiger partial charge in [-0.05, 0) is 18.3 Å². The second kappa shape index (κ2) is 6.80. The highest BCUT2D eigenvalue weighted by Crippen LogP contribution is 2.44. The molecule has 1 rings (SSSR count). The van der Waals surface area contributed by atoms with Gasteiger partial charge in [-0.25, -0.2) is 0 Å². The minimum Gasteiger partial charge on any atom is -0.385 e. The normalized spacial score (nSPS) is 27.8. The quantitative estimate of drug-likeness (QED) is 0.528. The minimum atomic E-state index is 0.220. The summed E-state index contributed by atoms with van der Waals surface area (Å²) in [7, 11) is 1.71. The molecule has 96 valence electrons. The molecule has 1 fully saturated rings. The number of hydrogen-bond donors (Lipinski definition) is 1. The monoisotopic (exact) mass is 249 g/mol. The van der Waals surface area contributed by atoms with Crippen molar-refractivity contribution >= 4 is 11.6 Å². The maximum Gasteiger partial charge on any atom is 0.0591 e. The Balaban J connectivity index is 1.93. The fourth-order valence-corrected chi connectivity index (χ4v) is 2.26.